The second-order valence-corrected chi connectivity index (χ2v) is 3.44. The van der Waals surface area contributed by atoms with Gasteiger partial charge in [-0.1, -0.05) is 15.9 Å². The Hall–Kier alpha value is 0.400. The van der Waals surface area contributed by atoms with Crippen molar-refractivity contribution in [3.05, 3.63) is 0 Å². The first-order valence-corrected chi connectivity index (χ1v) is 5.21. The molecule has 68 valence electrons. The van der Waals surface area contributed by atoms with Crippen LogP contribution >= 0.6 is 15.9 Å². The first-order valence-electron chi connectivity index (χ1n) is 4.09. The van der Waals surface area contributed by atoms with Crippen molar-refractivity contribution in [3.8, 4) is 0 Å². The summed E-state index contributed by atoms with van der Waals surface area (Å²) >= 11 is 3.35. The standard InChI is InChI=1S/C8H17BrO2/c1-8(10)4-7-11-6-3-2-5-9/h8,10H,2-7H2,1H3. The Labute approximate surface area is 77.1 Å². The minimum Gasteiger partial charge on any atom is -0.393 e. The number of halogens is 1. The normalized spacial score (nSPS) is 13.4. The lowest BCUT2D eigenvalue weighted by Crippen LogP contribution is -2.06. The molecule has 0 aliphatic rings. The van der Waals surface area contributed by atoms with Crippen molar-refractivity contribution in [2.75, 3.05) is 18.5 Å². The van der Waals surface area contributed by atoms with Gasteiger partial charge in [0.05, 0.1) is 6.10 Å². The Balaban J connectivity index is 2.80. The Morgan fingerprint density at radius 2 is 2.09 bits per heavy atom. The fourth-order valence-corrected chi connectivity index (χ4v) is 1.05. The lowest BCUT2D eigenvalue weighted by atomic mass is 10.3. The van der Waals surface area contributed by atoms with E-state index in [4.69, 9.17) is 9.84 Å². The molecule has 1 unspecified atom stereocenters. The van der Waals surface area contributed by atoms with Crippen LogP contribution in [0.1, 0.15) is 26.2 Å². The summed E-state index contributed by atoms with van der Waals surface area (Å²) in [5, 5.41) is 9.92. The van der Waals surface area contributed by atoms with Crippen LogP contribution in [0.2, 0.25) is 0 Å². The number of alkyl halides is 1. The van der Waals surface area contributed by atoms with Gasteiger partial charge >= 0.3 is 0 Å². The molecular weight excluding hydrogens is 208 g/mol. The van der Waals surface area contributed by atoms with Gasteiger partial charge in [-0.2, -0.15) is 0 Å². The second kappa shape index (κ2) is 8.50. The van der Waals surface area contributed by atoms with Gasteiger partial charge in [0.1, 0.15) is 0 Å². The number of hydrogen-bond donors (Lipinski definition) is 1. The van der Waals surface area contributed by atoms with Crippen LogP contribution in [0.5, 0.6) is 0 Å². The third kappa shape index (κ3) is 10.4. The summed E-state index contributed by atoms with van der Waals surface area (Å²) in [5.74, 6) is 0. The smallest absolute Gasteiger partial charge is 0.0534 e. The number of aliphatic hydroxyl groups is 1. The summed E-state index contributed by atoms with van der Waals surface area (Å²) in [6, 6.07) is 0. The Morgan fingerprint density at radius 1 is 1.36 bits per heavy atom. The molecule has 0 aliphatic heterocycles. The molecule has 2 nitrogen and oxygen atoms in total. The van der Waals surface area contributed by atoms with Gasteiger partial charge in [-0.25, -0.2) is 0 Å². The zero-order valence-electron chi connectivity index (χ0n) is 7.05. The molecule has 1 N–H and O–H groups in total. The molecule has 0 rings (SSSR count). The molecule has 0 saturated carbocycles. The third-order valence-electron chi connectivity index (χ3n) is 1.35. The van der Waals surface area contributed by atoms with Gasteiger partial charge in [0.25, 0.3) is 0 Å². The third-order valence-corrected chi connectivity index (χ3v) is 1.91. The lowest BCUT2D eigenvalue weighted by Gasteiger charge is -2.04. The summed E-state index contributed by atoms with van der Waals surface area (Å²) in [6.07, 6.45) is 2.78. The van der Waals surface area contributed by atoms with E-state index in [0.717, 1.165) is 31.2 Å². The summed E-state index contributed by atoms with van der Waals surface area (Å²) in [5.41, 5.74) is 0. The SMILES string of the molecule is CC(O)CCOCCCCBr. The largest absolute Gasteiger partial charge is 0.393 e. The number of aliphatic hydroxyl groups excluding tert-OH is 1. The summed E-state index contributed by atoms with van der Waals surface area (Å²) < 4.78 is 5.27. The van der Waals surface area contributed by atoms with Gasteiger partial charge in [0.15, 0.2) is 0 Å². The van der Waals surface area contributed by atoms with E-state index >= 15 is 0 Å². The van der Waals surface area contributed by atoms with E-state index in [1.54, 1.807) is 6.92 Å². The maximum Gasteiger partial charge on any atom is 0.0534 e. The molecule has 0 saturated heterocycles. The number of rotatable bonds is 7. The van der Waals surface area contributed by atoms with Crippen LogP contribution < -0.4 is 0 Å². The molecule has 3 heteroatoms. The minimum atomic E-state index is -0.230. The fourth-order valence-electron chi connectivity index (χ4n) is 0.655. The zero-order chi connectivity index (χ0) is 8.53. The highest BCUT2D eigenvalue weighted by Crippen LogP contribution is 1.96. The van der Waals surface area contributed by atoms with Crippen LogP contribution in [-0.2, 0) is 4.74 Å². The van der Waals surface area contributed by atoms with Crippen molar-refractivity contribution in [1.82, 2.24) is 0 Å². The van der Waals surface area contributed by atoms with E-state index in [-0.39, 0.29) is 6.10 Å². The number of hydrogen-bond acceptors (Lipinski definition) is 2. The Bertz CT molecular complexity index is 76.5. The molecule has 11 heavy (non-hydrogen) atoms. The van der Waals surface area contributed by atoms with Gasteiger partial charge in [-0.3, -0.25) is 0 Å². The van der Waals surface area contributed by atoms with Gasteiger partial charge in [0, 0.05) is 18.5 Å². The maximum absolute atomic E-state index is 8.87. The molecule has 0 aromatic heterocycles. The van der Waals surface area contributed by atoms with E-state index in [0.29, 0.717) is 6.61 Å². The van der Waals surface area contributed by atoms with E-state index in [1.807, 2.05) is 0 Å². The maximum atomic E-state index is 8.87. The van der Waals surface area contributed by atoms with Crippen molar-refractivity contribution in [2.45, 2.75) is 32.3 Å². The summed E-state index contributed by atoms with van der Waals surface area (Å²) in [4.78, 5) is 0. The van der Waals surface area contributed by atoms with Crippen molar-refractivity contribution < 1.29 is 9.84 Å². The van der Waals surface area contributed by atoms with Gasteiger partial charge in [0.2, 0.25) is 0 Å². The van der Waals surface area contributed by atoms with Gasteiger partial charge in [-0.05, 0) is 26.2 Å². The minimum absolute atomic E-state index is 0.230. The molecule has 0 aromatic rings. The van der Waals surface area contributed by atoms with E-state index in [2.05, 4.69) is 15.9 Å². The van der Waals surface area contributed by atoms with Crippen LogP contribution in [0.15, 0.2) is 0 Å². The van der Waals surface area contributed by atoms with E-state index in [1.165, 1.54) is 0 Å². The molecule has 0 aromatic carbocycles. The first-order chi connectivity index (χ1) is 5.27. The monoisotopic (exact) mass is 224 g/mol. The second-order valence-electron chi connectivity index (χ2n) is 2.65. The van der Waals surface area contributed by atoms with E-state index in [9.17, 15) is 0 Å². The predicted molar refractivity (Wildman–Crippen MR) is 50.1 cm³/mol. The van der Waals surface area contributed by atoms with Crippen LogP contribution in [-0.4, -0.2) is 29.8 Å². The van der Waals surface area contributed by atoms with Crippen molar-refractivity contribution in [3.63, 3.8) is 0 Å². The van der Waals surface area contributed by atoms with E-state index < -0.39 is 0 Å². The molecule has 0 fully saturated rings. The molecule has 0 heterocycles. The average molecular weight is 225 g/mol. The van der Waals surface area contributed by atoms with Gasteiger partial charge < -0.3 is 9.84 Å². The highest BCUT2D eigenvalue weighted by Gasteiger charge is 1.94. The molecule has 0 spiro atoms. The Morgan fingerprint density at radius 3 is 2.64 bits per heavy atom. The average Bonchev–Trinajstić information content (AvgIpc) is 1.96. The van der Waals surface area contributed by atoms with Crippen LogP contribution in [0.3, 0.4) is 0 Å². The van der Waals surface area contributed by atoms with Crippen LogP contribution in [0, 0.1) is 0 Å². The quantitative estimate of drug-likeness (QED) is 0.530. The van der Waals surface area contributed by atoms with Gasteiger partial charge in [-0.15, -0.1) is 0 Å². The van der Waals surface area contributed by atoms with Crippen LogP contribution in [0.25, 0.3) is 0 Å². The molecule has 0 amide bonds. The van der Waals surface area contributed by atoms with Crippen molar-refractivity contribution in [2.24, 2.45) is 0 Å². The number of ether oxygens (including phenoxy) is 1. The molecular formula is C8H17BrO2. The van der Waals surface area contributed by atoms with Crippen molar-refractivity contribution >= 4 is 15.9 Å². The Kier molecular flexibility index (Phi) is 8.81. The first kappa shape index (κ1) is 11.4. The van der Waals surface area contributed by atoms with Crippen molar-refractivity contribution in [1.29, 1.82) is 0 Å². The molecule has 0 radical (unpaired) electrons. The molecule has 1 atom stereocenters. The fraction of sp³-hybridized carbons (Fsp3) is 1.00. The molecule has 0 bridgehead atoms. The van der Waals surface area contributed by atoms with Crippen LogP contribution in [0.4, 0.5) is 0 Å². The zero-order valence-corrected chi connectivity index (χ0v) is 8.64. The summed E-state index contributed by atoms with van der Waals surface area (Å²) in [7, 11) is 0. The topological polar surface area (TPSA) is 29.5 Å². The predicted octanol–water partition coefficient (Wildman–Crippen LogP) is 1.95. The number of unbranched alkanes of at least 4 members (excludes halogenated alkanes) is 1. The highest BCUT2D eigenvalue weighted by molar-refractivity contribution is 9.09. The molecule has 0 aliphatic carbocycles. The lowest BCUT2D eigenvalue weighted by molar-refractivity contribution is 0.0879. The summed E-state index contributed by atoms with van der Waals surface area (Å²) in [6.45, 7) is 3.28. The highest BCUT2D eigenvalue weighted by atomic mass is 79.9.